The quantitative estimate of drug-likeness (QED) is 0.669. The van der Waals surface area contributed by atoms with Gasteiger partial charge in [0.1, 0.15) is 12.2 Å². The summed E-state index contributed by atoms with van der Waals surface area (Å²) in [6, 6.07) is 17.0. The van der Waals surface area contributed by atoms with Crippen LogP contribution in [-0.4, -0.2) is 13.1 Å². The molecule has 1 aromatic heterocycles. The SMILES string of the molecule is COCc1c(C(=O)OCc2ccccc2)oc2ccccc12. The van der Waals surface area contributed by atoms with Gasteiger partial charge in [-0.15, -0.1) is 0 Å². The minimum atomic E-state index is -0.480. The van der Waals surface area contributed by atoms with Crippen LogP contribution in [0.1, 0.15) is 21.7 Å². The summed E-state index contributed by atoms with van der Waals surface area (Å²) in [6.07, 6.45) is 0. The smallest absolute Gasteiger partial charge is 0.374 e. The van der Waals surface area contributed by atoms with Gasteiger partial charge in [-0.1, -0.05) is 48.5 Å². The number of ether oxygens (including phenoxy) is 2. The summed E-state index contributed by atoms with van der Waals surface area (Å²) in [6.45, 7) is 0.510. The third-order valence-electron chi connectivity index (χ3n) is 3.39. The van der Waals surface area contributed by atoms with Gasteiger partial charge in [-0.2, -0.15) is 0 Å². The van der Waals surface area contributed by atoms with Crippen molar-refractivity contribution in [3.63, 3.8) is 0 Å². The molecule has 3 rings (SSSR count). The Hall–Kier alpha value is -2.59. The molecule has 0 saturated heterocycles. The molecule has 0 aliphatic heterocycles. The van der Waals surface area contributed by atoms with E-state index < -0.39 is 5.97 Å². The highest BCUT2D eigenvalue weighted by Gasteiger charge is 2.21. The van der Waals surface area contributed by atoms with Crippen LogP contribution in [0.5, 0.6) is 0 Å². The van der Waals surface area contributed by atoms with E-state index in [0.29, 0.717) is 12.2 Å². The van der Waals surface area contributed by atoms with Gasteiger partial charge in [0, 0.05) is 18.1 Å². The zero-order valence-electron chi connectivity index (χ0n) is 12.2. The maximum Gasteiger partial charge on any atom is 0.374 e. The van der Waals surface area contributed by atoms with E-state index in [9.17, 15) is 4.79 Å². The predicted octanol–water partition coefficient (Wildman–Crippen LogP) is 3.94. The fourth-order valence-corrected chi connectivity index (χ4v) is 2.34. The number of methoxy groups -OCH3 is 1. The maximum atomic E-state index is 12.3. The summed E-state index contributed by atoms with van der Waals surface area (Å²) in [4.78, 5) is 12.3. The molecule has 0 amide bonds. The molecule has 0 saturated carbocycles. The van der Waals surface area contributed by atoms with Gasteiger partial charge in [-0.25, -0.2) is 4.79 Å². The summed E-state index contributed by atoms with van der Waals surface area (Å²) in [5, 5.41) is 0.871. The van der Waals surface area contributed by atoms with E-state index in [1.54, 1.807) is 7.11 Å². The standard InChI is InChI=1S/C18H16O4/c1-20-12-15-14-9-5-6-10-16(14)22-17(15)18(19)21-11-13-7-3-2-4-8-13/h2-10H,11-12H2,1H3. The van der Waals surface area contributed by atoms with Crippen LogP contribution in [0.25, 0.3) is 11.0 Å². The van der Waals surface area contributed by atoms with Crippen LogP contribution in [0.3, 0.4) is 0 Å². The molecule has 0 aliphatic rings. The number of hydrogen-bond donors (Lipinski definition) is 0. The average molecular weight is 296 g/mol. The van der Waals surface area contributed by atoms with Crippen molar-refractivity contribution in [2.45, 2.75) is 13.2 Å². The molecule has 0 unspecified atom stereocenters. The van der Waals surface area contributed by atoms with Gasteiger partial charge >= 0.3 is 5.97 Å². The van der Waals surface area contributed by atoms with Crippen LogP contribution in [0.15, 0.2) is 59.0 Å². The monoisotopic (exact) mass is 296 g/mol. The van der Waals surface area contributed by atoms with Crippen LogP contribution in [0.4, 0.5) is 0 Å². The number of furan rings is 1. The lowest BCUT2D eigenvalue weighted by Crippen LogP contribution is -2.07. The van der Waals surface area contributed by atoms with E-state index in [4.69, 9.17) is 13.9 Å². The van der Waals surface area contributed by atoms with Crippen molar-refractivity contribution in [3.8, 4) is 0 Å². The Balaban J connectivity index is 1.85. The summed E-state index contributed by atoms with van der Waals surface area (Å²) in [5.41, 5.74) is 2.30. The van der Waals surface area contributed by atoms with E-state index in [-0.39, 0.29) is 12.4 Å². The van der Waals surface area contributed by atoms with Crippen LogP contribution in [-0.2, 0) is 22.7 Å². The molecule has 0 fully saturated rings. The van der Waals surface area contributed by atoms with Crippen molar-refractivity contribution in [2.24, 2.45) is 0 Å². The molecule has 0 radical (unpaired) electrons. The Morgan fingerprint density at radius 1 is 1.00 bits per heavy atom. The van der Waals surface area contributed by atoms with Crippen LogP contribution < -0.4 is 0 Å². The fourth-order valence-electron chi connectivity index (χ4n) is 2.34. The molecule has 1 heterocycles. The second-order valence-electron chi connectivity index (χ2n) is 4.90. The lowest BCUT2D eigenvalue weighted by Gasteiger charge is -2.04. The number of benzene rings is 2. The number of rotatable bonds is 5. The van der Waals surface area contributed by atoms with Gasteiger partial charge in [0.15, 0.2) is 0 Å². The lowest BCUT2D eigenvalue weighted by atomic mass is 10.1. The minimum absolute atomic E-state index is 0.207. The number of para-hydroxylation sites is 1. The normalized spacial score (nSPS) is 10.8. The average Bonchev–Trinajstić information content (AvgIpc) is 2.93. The van der Waals surface area contributed by atoms with Crippen molar-refractivity contribution >= 4 is 16.9 Å². The Bertz CT molecular complexity index is 774. The third kappa shape index (κ3) is 2.87. The Labute approximate surface area is 128 Å². The van der Waals surface area contributed by atoms with Crippen molar-refractivity contribution < 1.29 is 18.7 Å². The highest BCUT2D eigenvalue weighted by atomic mass is 16.5. The van der Waals surface area contributed by atoms with Crippen molar-refractivity contribution in [3.05, 3.63) is 71.5 Å². The van der Waals surface area contributed by atoms with Crippen LogP contribution >= 0.6 is 0 Å². The Kier molecular flexibility index (Phi) is 4.21. The van der Waals surface area contributed by atoms with Gasteiger partial charge in [-0.3, -0.25) is 0 Å². The zero-order chi connectivity index (χ0) is 15.4. The molecule has 4 heteroatoms. The summed E-state index contributed by atoms with van der Waals surface area (Å²) >= 11 is 0. The Morgan fingerprint density at radius 3 is 2.50 bits per heavy atom. The minimum Gasteiger partial charge on any atom is -0.455 e. The molecular formula is C18H16O4. The second kappa shape index (κ2) is 6.45. The van der Waals surface area contributed by atoms with E-state index >= 15 is 0 Å². The molecule has 0 aliphatic carbocycles. The molecule has 22 heavy (non-hydrogen) atoms. The molecule has 0 bridgehead atoms. The summed E-state index contributed by atoms with van der Waals surface area (Å²) < 4.78 is 16.2. The maximum absolute atomic E-state index is 12.3. The fraction of sp³-hybridized carbons (Fsp3) is 0.167. The molecule has 4 nitrogen and oxygen atoms in total. The first-order chi connectivity index (χ1) is 10.8. The van der Waals surface area contributed by atoms with Gasteiger partial charge in [0.05, 0.1) is 6.61 Å². The largest absolute Gasteiger partial charge is 0.455 e. The highest BCUT2D eigenvalue weighted by Crippen LogP contribution is 2.27. The van der Waals surface area contributed by atoms with E-state index in [1.807, 2.05) is 54.6 Å². The summed E-state index contributed by atoms with van der Waals surface area (Å²) in [5.74, 6) is -0.272. The Morgan fingerprint density at radius 2 is 1.73 bits per heavy atom. The van der Waals surface area contributed by atoms with E-state index in [1.165, 1.54) is 0 Å². The number of fused-ring (bicyclic) bond motifs is 1. The zero-order valence-corrected chi connectivity index (χ0v) is 12.2. The van der Waals surface area contributed by atoms with Gasteiger partial charge < -0.3 is 13.9 Å². The molecular weight excluding hydrogens is 280 g/mol. The number of carbonyl (C=O) groups excluding carboxylic acids is 1. The first-order valence-electron chi connectivity index (χ1n) is 7.00. The van der Waals surface area contributed by atoms with Crippen molar-refractivity contribution in [2.75, 3.05) is 7.11 Å². The lowest BCUT2D eigenvalue weighted by molar-refractivity contribution is 0.0432. The first kappa shape index (κ1) is 14.4. The predicted molar refractivity (Wildman–Crippen MR) is 82.5 cm³/mol. The molecule has 112 valence electrons. The van der Waals surface area contributed by atoms with Crippen LogP contribution in [0.2, 0.25) is 0 Å². The first-order valence-corrected chi connectivity index (χ1v) is 7.00. The van der Waals surface area contributed by atoms with Crippen molar-refractivity contribution in [1.82, 2.24) is 0 Å². The van der Waals surface area contributed by atoms with E-state index in [0.717, 1.165) is 16.5 Å². The van der Waals surface area contributed by atoms with Gasteiger partial charge in [-0.05, 0) is 11.6 Å². The van der Waals surface area contributed by atoms with E-state index in [2.05, 4.69) is 0 Å². The molecule has 0 spiro atoms. The third-order valence-corrected chi connectivity index (χ3v) is 3.39. The number of carbonyl (C=O) groups is 1. The molecule has 0 atom stereocenters. The molecule has 0 N–H and O–H groups in total. The molecule has 2 aromatic carbocycles. The second-order valence-corrected chi connectivity index (χ2v) is 4.90. The molecule has 3 aromatic rings. The summed E-state index contributed by atoms with van der Waals surface area (Å²) in [7, 11) is 1.58. The van der Waals surface area contributed by atoms with Crippen molar-refractivity contribution in [1.29, 1.82) is 0 Å². The number of hydrogen-bond acceptors (Lipinski definition) is 4. The highest BCUT2D eigenvalue weighted by molar-refractivity contribution is 5.96. The van der Waals surface area contributed by atoms with Crippen LogP contribution in [0, 0.1) is 0 Å². The van der Waals surface area contributed by atoms with Gasteiger partial charge in [0.2, 0.25) is 5.76 Å². The topological polar surface area (TPSA) is 48.7 Å². The van der Waals surface area contributed by atoms with Gasteiger partial charge in [0.25, 0.3) is 0 Å². The number of esters is 1.